The van der Waals surface area contributed by atoms with E-state index in [-0.39, 0.29) is 27.4 Å². The summed E-state index contributed by atoms with van der Waals surface area (Å²) in [6.07, 6.45) is 0. The summed E-state index contributed by atoms with van der Waals surface area (Å²) in [5.74, 6) is 0. The Kier molecular flexibility index (Phi) is 68.6. The first-order valence-corrected chi connectivity index (χ1v) is 34.5. The first kappa shape index (κ1) is 38.8. The van der Waals surface area contributed by atoms with E-state index in [9.17, 15) is 0 Å². The van der Waals surface area contributed by atoms with Crippen LogP contribution in [0.5, 0.6) is 0 Å². The van der Waals surface area contributed by atoms with Gasteiger partial charge >= 0.3 is 59.5 Å². The molecule has 0 fully saturated rings. The average molecular weight is 617 g/mol. The summed E-state index contributed by atoms with van der Waals surface area (Å²) in [6.45, 7) is 0. The summed E-state index contributed by atoms with van der Waals surface area (Å²) in [6, 6.07) is 0. The molecule has 0 rings (SSSR count). The van der Waals surface area contributed by atoms with Gasteiger partial charge in [-0.15, -0.1) is 0 Å². The van der Waals surface area contributed by atoms with Crippen LogP contribution in [-0.2, 0) is 0 Å². The molecule has 0 amide bonds. The van der Waals surface area contributed by atoms with Crippen LogP contribution in [0.1, 0.15) is 0 Å². The van der Waals surface area contributed by atoms with Crippen LogP contribution in [0.2, 0.25) is 0 Å². The van der Waals surface area contributed by atoms with Gasteiger partial charge in [0.15, 0.2) is 0 Å². The fourth-order valence-electron chi connectivity index (χ4n) is 0. The van der Waals surface area contributed by atoms with Crippen LogP contribution in [0.15, 0.2) is 0 Å². The van der Waals surface area contributed by atoms with Crippen molar-refractivity contribution < 1.29 is 27.4 Å². The van der Waals surface area contributed by atoms with Gasteiger partial charge in [-0.2, -0.15) is 0 Å². The van der Waals surface area contributed by atoms with E-state index in [2.05, 4.69) is 47.9 Å². The molecule has 10 heavy (non-hydrogen) atoms. The van der Waals surface area contributed by atoms with Crippen LogP contribution in [0.3, 0.4) is 0 Å². The summed E-state index contributed by atoms with van der Waals surface area (Å²) in [4.78, 5) is 0. The van der Waals surface area contributed by atoms with Crippen molar-refractivity contribution in [1.82, 2.24) is 0 Å². The van der Waals surface area contributed by atoms with Crippen molar-refractivity contribution in [1.29, 1.82) is 0 Å². The van der Waals surface area contributed by atoms with E-state index in [1.165, 1.54) is 0 Å². The van der Waals surface area contributed by atoms with Crippen molar-refractivity contribution in [2.24, 2.45) is 0 Å². The van der Waals surface area contributed by atoms with Crippen molar-refractivity contribution >= 4 is 59.5 Å². The molecule has 0 heterocycles. The van der Waals surface area contributed by atoms with Gasteiger partial charge in [0.05, 0.1) is 0 Å². The van der Waals surface area contributed by atoms with Gasteiger partial charge in [0.25, 0.3) is 0 Å². The Morgan fingerprint density at radius 1 is 0.500 bits per heavy atom. The predicted molar refractivity (Wildman–Crippen MR) is 59.5 cm³/mol. The zero-order chi connectivity index (χ0) is 4.50. The summed E-state index contributed by atoms with van der Waals surface area (Å²) in [5, 5.41) is 0. The molecule has 10 heteroatoms. The Labute approximate surface area is 85.4 Å². The summed E-state index contributed by atoms with van der Waals surface area (Å²) < 4.78 is 0. The summed E-state index contributed by atoms with van der Waals surface area (Å²) >= 11 is 11.4. The van der Waals surface area contributed by atoms with E-state index in [0.29, 0.717) is 0 Å². The molecular weight excluding hydrogens is 607 g/mol. The van der Waals surface area contributed by atoms with E-state index < -0.39 is 11.5 Å². The topological polar surface area (TPSA) is 158 Å². The summed E-state index contributed by atoms with van der Waals surface area (Å²) in [5.41, 5.74) is 0. The van der Waals surface area contributed by atoms with Gasteiger partial charge in [-0.1, -0.05) is 0 Å². The number of hydrogen-bond donors (Lipinski definition) is 0. The van der Waals surface area contributed by atoms with Crippen molar-refractivity contribution in [3.63, 3.8) is 0 Å². The van der Waals surface area contributed by atoms with Crippen LogP contribution in [0, 0.1) is 0 Å². The Hall–Kier alpha value is 2.64. The molecule has 0 radical (unpaired) electrons. The monoisotopic (exact) mass is 614 g/mol. The normalized spacial score (nSPS) is 6.00. The first-order valence-electron chi connectivity index (χ1n) is 0.756. The maximum absolute atomic E-state index is 3.35. The molecule has 0 aliphatic carbocycles. The fraction of sp³-hybridized carbons (Fsp3) is 0. The zero-order valence-electron chi connectivity index (χ0n) is 4.51. The molecule has 0 unspecified atom stereocenters. The van der Waals surface area contributed by atoms with Crippen molar-refractivity contribution in [2.45, 2.75) is 0 Å². The third-order valence-corrected chi connectivity index (χ3v) is 0. The quantitative estimate of drug-likeness (QED) is 0.302. The standard InChI is InChI=1S/4BrH.5H2O.Pb/h4*1H;5*1H2;/q;;;;;;;;;+4/p-4. The van der Waals surface area contributed by atoms with Gasteiger partial charge in [-0.05, 0) is 0 Å². The third-order valence-electron chi connectivity index (χ3n) is 0. The Bertz CT molecular complexity index is 29.1. The van der Waals surface area contributed by atoms with Crippen molar-refractivity contribution in [2.75, 3.05) is 0 Å². The summed E-state index contributed by atoms with van der Waals surface area (Å²) in [7, 11) is 0. The van der Waals surface area contributed by atoms with Crippen LogP contribution in [-0.4, -0.2) is 38.9 Å². The van der Waals surface area contributed by atoms with Gasteiger partial charge < -0.3 is 27.4 Å². The third kappa shape index (κ3) is 142. The van der Waals surface area contributed by atoms with E-state index in [4.69, 9.17) is 0 Å². The van der Waals surface area contributed by atoms with E-state index >= 15 is 0 Å². The molecule has 0 aromatic carbocycles. The van der Waals surface area contributed by atoms with Gasteiger partial charge in [0.2, 0.25) is 0 Å². The maximum atomic E-state index is 3.35. The molecule has 0 atom stereocenters. The molecule has 72 valence electrons. The van der Waals surface area contributed by atoms with Crippen LogP contribution < -0.4 is 0 Å². The predicted octanol–water partition coefficient (Wildman–Crippen LogP) is -1.12. The van der Waals surface area contributed by atoms with Crippen molar-refractivity contribution in [3.8, 4) is 0 Å². The van der Waals surface area contributed by atoms with E-state index in [1.807, 2.05) is 0 Å². The molecule has 0 saturated carbocycles. The molecular formula is H10Br4O5Pb. The van der Waals surface area contributed by atoms with Crippen LogP contribution >= 0.6 is 47.9 Å². The first-order chi connectivity index (χ1) is 2.00. The van der Waals surface area contributed by atoms with Gasteiger partial charge in [-0.3, -0.25) is 0 Å². The minimum atomic E-state index is -2.03. The van der Waals surface area contributed by atoms with Crippen LogP contribution in [0.4, 0.5) is 0 Å². The molecule has 0 bridgehead atoms. The molecule has 5 nitrogen and oxygen atoms in total. The number of halogens is 4. The molecule has 0 aliphatic heterocycles. The molecule has 0 spiro atoms. The van der Waals surface area contributed by atoms with Gasteiger partial charge in [0.1, 0.15) is 0 Å². The average Bonchev–Trinajstić information content (AvgIpc) is 0.722. The molecule has 0 aromatic heterocycles. The SMILES string of the molecule is O.O.O.O.O.[Br][Pb]([Br])([Br])[Br]. The molecule has 0 saturated heterocycles. The zero-order valence-corrected chi connectivity index (χ0v) is 14.7. The van der Waals surface area contributed by atoms with Crippen molar-refractivity contribution in [3.05, 3.63) is 0 Å². The van der Waals surface area contributed by atoms with E-state index in [0.717, 1.165) is 0 Å². The Balaban J connectivity index is -0.00000000800. The molecule has 0 aromatic rings. The van der Waals surface area contributed by atoms with Gasteiger partial charge in [-0.25, -0.2) is 0 Å². The second-order valence-electron chi connectivity index (χ2n) is 0.429. The van der Waals surface area contributed by atoms with Crippen LogP contribution in [0.25, 0.3) is 0 Å². The number of rotatable bonds is 0. The second kappa shape index (κ2) is 17.7. The second-order valence-corrected chi connectivity index (χ2v) is 102. The minimum absolute atomic E-state index is 0. The fourth-order valence-corrected chi connectivity index (χ4v) is 0. The Morgan fingerprint density at radius 3 is 0.500 bits per heavy atom. The number of hydrogen-bond acceptors (Lipinski definition) is 0. The van der Waals surface area contributed by atoms with E-state index in [1.54, 1.807) is 0 Å². The Morgan fingerprint density at radius 2 is 0.500 bits per heavy atom. The molecule has 10 N–H and O–H groups in total. The molecule has 0 aliphatic rings. The van der Waals surface area contributed by atoms with Gasteiger partial charge in [0, 0.05) is 0 Å².